The fourth-order valence-electron chi connectivity index (χ4n) is 2.64. The summed E-state index contributed by atoms with van der Waals surface area (Å²) in [6.45, 7) is 2.08. The summed E-state index contributed by atoms with van der Waals surface area (Å²) < 4.78 is 1.89. The largest absolute Gasteiger partial charge is 0.250 e. The summed E-state index contributed by atoms with van der Waals surface area (Å²) >= 11 is 0. The average Bonchev–Trinajstić information content (AvgIpc) is 2.55. The first-order chi connectivity index (χ1) is 7.27. The van der Waals surface area contributed by atoms with Crippen LogP contribution in [-0.2, 0) is 19.9 Å². The van der Waals surface area contributed by atoms with E-state index in [1.54, 1.807) is 0 Å². The van der Waals surface area contributed by atoms with Gasteiger partial charge in [0.15, 0.2) is 5.65 Å². The molecule has 3 rings (SSSR count). The Labute approximate surface area is 89.1 Å². The van der Waals surface area contributed by atoms with Crippen LogP contribution in [0.1, 0.15) is 29.7 Å². The van der Waals surface area contributed by atoms with Crippen LogP contribution in [0.25, 0.3) is 11.0 Å². The van der Waals surface area contributed by atoms with Crippen LogP contribution in [0.3, 0.4) is 0 Å². The molecule has 0 spiro atoms. The normalized spacial score (nSPS) is 15.6. The van der Waals surface area contributed by atoms with Crippen molar-refractivity contribution >= 4 is 11.0 Å². The number of pyridine rings is 1. The number of aromatic nitrogens is 3. The Hall–Kier alpha value is -1.38. The zero-order chi connectivity index (χ0) is 10.4. The predicted octanol–water partition coefficient (Wildman–Crippen LogP) is 2.16. The minimum absolute atomic E-state index is 1.04. The molecule has 78 valence electrons. The molecule has 0 saturated carbocycles. The molecule has 2 aromatic rings. The molecule has 15 heavy (non-hydrogen) atoms. The lowest BCUT2D eigenvalue weighted by Crippen LogP contribution is -2.04. The van der Waals surface area contributed by atoms with Crippen molar-refractivity contribution in [1.82, 2.24) is 14.8 Å². The highest BCUT2D eigenvalue weighted by molar-refractivity contribution is 5.83. The van der Waals surface area contributed by atoms with Crippen LogP contribution in [0.2, 0.25) is 0 Å². The van der Waals surface area contributed by atoms with E-state index < -0.39 is 0 Å². The topological polar surface area (TPSA) is 30.7 Å². The van der Waals surface area contributed by atoms with E-state index in [9.17, 15) is 0 Å². The molecular weight excluding hydrogens is 186 g/mol. The zero-order valence-electron chi connectivity index (χ0n) is 9.25. The maximum Gasteiger partial charge on any atom is 0.158 e. The Morgan fingerprint density at radius 2 is 2.07 bits per heavy atom. The molecule has 0 fully saturated rings. The van der Waals surface area contributed by atoms with Gasteiger partial charge in [-0.2, -0.15) is 5.10 Å². The van der Waals surface area contributed by atoms with Crippen molar-refractivity contribution in [2.24, 2.45) is 7.05 Å². The molecule has 0 N–H and O–H groups in total. The van der Waals surface area contributed by atoms with Crippen molar-refractivity contribution in [3.63, 3.8) is 0 Å². The van der Waals surface area contributed by atoms with E-state index in [1.807, 2.05) is 17.9 Å². The molecule has 1 aliphatic rings. The van der Waals surface area contributed by atoms with Crippen LogP contribution in [0.4, 0.5) is 0 Å². The third kappa shape index (κ3) is 1.19. The lowest BCUT2D eigenvalue weighted by molar-refractivity contribution is 0.687. The summed E-state index contributed by atoms with van der Waals surface area (Å²) in [6, 6.07) is 0. The minimum atomic E-state index is 1.04. The minimum Gasteiger partial charge on any atom is -0.250 e. The van der Waals surface area contributed by atoms with Crippen LogP contribution < -0.4 is 0 Å². The second-order valence-corrected chi connectivity index (χ2v) is 4.38. The van der Waals surface area contributed by atoms with Crippen LogP contribution in [-0.4, -0.2) is 14.8 Å². The second-order valence-electron chi connectivity index (χ2n) is 4.38. The molecule has 3 heteroatoms. The number of nitrogens with zero attached hydrogens (tertiary/aromatic N) is 3. The highest BCUT2D eigenvalue weighted by Gasteiger charge is 2.17. The fourth-order valence-corrected chi connectivity index (χ4v) is 2.64. The molecule has 0 radical (unpaired) electrons. The van der Waals surface area contributed by atoms with Crippen molar-refractivity contribution in [3.05, 3.63) is 23.0 Å². The van der Waals surface area contributed by atoms with Gasteiger partial charge in [0.1, 0.15) is 0 Å². The molecule has 3 nitrogen and oxygen atoms in total. The van der Waals surface area contributed by atoms with Gasteiger partial charge in [0.05, 0.1) is 5.69 Å². The van der Waals surface area contributed by atoms with E-state index in [2.05, 4.69) is 17.0 Å². The maximum absolute atomic E-state index is 4.52. The van der Waals surface area contributed by atoms with Crippen LogP contribution in [0, 0.1) is 6.92 Å². The van der Waals surface area contributed by atoms with Crippen LogP contribution >= 0.6 is 0 Å². The van der Waals surface area contributed by atoms with Crippen molar-refractivity contribution in [1.29, 1.82) is 0 Å². The van der Waals surface area contributed by atoms with Crippen molar-refractivity contribution < 1.29 is 0 Å². The van der Waals surface area contributed by atoms with Gasteiger partial charge in [-0.15, -0.1) is 0 Å². The van der Waals surface area contributed by atoms with Gasteiger partial charge >= 0.3 is 0 Å². The Balaban J connectivity index is 2.40. The number of rotatable bonds is 0. The van der Waals surface area contributed by atoms with Crippen molar-refractivity contribution in [3.8, 4) is 0 Å². The quantitative estimate of drug-likeness (QED) is 0.654. The number of hydrogen-bond donors (Lipinski definition) is 0. The number of hydrogen-bond acceptors (Lipinski definition) is 2. The first-order valence-electron chi connectivity index (χ1n) is 5.57. The second kappa shape index (κ2) is 3.05. The van der Waals surface area contributed by atoms with Gasteiger partial charge in [0.25, 0.3) is 0 Å². The summed E-state index contributed by atoms with van der Waals surface area (Å²) in [5, 5.41) is 5.75. The molecule has 0 bridgehead atoms. The van der Waals surface area contributed by atoms with Crippen LogP contribution in [0.15, 0.2) is 6.20 Å². The van der Waals surface area contributed by atoms with E-state index in [1.165, 1.54) is 42.2 Å². The predicted molar refractivity (Wildman–Crippen MR) is 59.9 cm³/mol. The van der Waals surface area contributed by atoms with E-state index >= 15 is 0 Å². The summed E-state index contributed by atoms with van der Waals surface area (Å²) in [5.74, 6) is 0. The lowest BCUT2D eigenvalue weighted by Gasteiger charge is -2.15. The summed E-state index contributed by atoms with van der Waals surface area (Å²) in [4.78, 5) is 4.52. The highest BCUT2D eigenvalue weighted by atomic mass is 15.3. The smallest absolute Gasteiger partial charge is 0.158 e. The molecule has 0 aliphatic heterocycles. The number of aryl methyl sites for hydroxylation is 4. The zero-order valence-corrected chi connectivity index (χ0v) is 9.25. The first kappa shape index (κ1) is 8.89. The Morgan fingerprint density at radius 3 is 2.93 bits per heavy atom. The van der Waals surface area contributed by atoms with Crippen molar-refractivity contribution in [2.45, 2.75) is 32.6 Å². The molecule has 0 saturated heterocycles. The number of fused-ring (bicyclic) bond motifs is 3. The highest BCUT2D eigenvalue weighted by Crippen LogP contribution is 2.28. The van der Waals surface area contributed by atoms with Gasteiger partial charge in [0, 0.05) is 18.6 Å². The van der Waals surface area contributed by atoms with Gasteiger partial charge in [-0.3, -0.25) is 4.68 Å². The Morgan fingerprint density at radius 1 is 1.27 bits per heavy atom. The molecular formula is C12H15N3. The molecule has 0 atom stereocenters. The SMILES string of the molecule is Cc1nn(C)c2ncc3c(c12)CCCC3. The third-order valence-electron chi connectivity index (χ3n) is 3.35. The molecule has 1 aliphatic carbocycles. The lowest BCUT2D eigenvalue weighted by atomic mass is 9.91. The molecule has 0 unspecified atom stereocenters. The fraction of sp³-hybridized carbons (Fsp3) is 0.500. The molecule has 2 heterocycles. The molecule has 2 aromatic heterocycles. The van der Waals surface area contributed by atoms with Gasteiger partial charge in [-0.1, -0.05) is 0 Å². The van der Waals surface area contributed by atoms with E-state index in [-0.39, 0.29) is 0 Å². The van der Waals surface area contributed by atoms with E-state index in [0.717, 1.165) is 11.3 Å². The van der Waals surface area contributed by atoms with E-state index in [4.69, 9.17) is 0 Å². The van der Waals surface area contributed by atoms with Gasteiger partial charge in [0.2, 0.25) is 0 Å². The summed E-state index contributed by atoms with van der Waals surface area (Å²) in [5.41, 5.74) is 5.09. The standard InChI is InChI=1S/C12H15N3/c1-8-11-10-6-4-3-5-9(10)7-13-12(11)15(2)14-8/h7H,3-6H2,1-2H3. The van der Waals surface area contributed by atoms with E-state index in [0.29, 0.717) is 0 Å². The van der Waals surface area contributed by atoms with Crippen LogP contribution in [0.5, 0.6) is 0 Å². The van der Waals surface area contributed by atoms with Gasteiger partial charge in [-0.25, -0.2) is 4.98 Å². The monoisotopic (exact) mass is 201 g/mol. The summed E-state index contributed by atoms with van der Waals surface area (Å²) in [6.07, 6.45) is 7.03. The first-order valence-corrected chi connectivity index (χ1v) is 5.57. The Kier molecular flexibility index (Phi) is 1.81. The average molecular weight is 201 g/mol. The third-order valence-corrected chi connectivity index (χ3v) is 3.35. The molecule has 0 aromatic carbocycles. The van der Waals surface area contributed by atoms with Gasteiger partial charge < -0.3 is 0 Å². The van der Waals surface area contributed by atoms with Crippen molar-refractivity contribution in [2.75, 3.05) is 0 Å². The molecule has 0 amide bonds. The summed E-state index contributed by atoms with van der Waals surface area (Å²) in [7, 11) is 1.97. The van der Waals surface area contributed by atoms with Gasteiger partial charge in [-0.05, 0) is 43.7 Å². The maximum atomic E-state index is 4.52. The Bertz CT molecular complexity index is 525.